The van der Waals surface area contributed by atoms with Crippen molar-refractivity contribution in [1.82, 2.24) is 9.97 Å². The number of thiophene rings is 1. The maximum atomic E-state index is 6.19. The van der Waals surface area contributed by atoms with Crippen LogP contribution in [0.15, 0.2) is 0 Å². The maximum Gasteiger partial charge on any atom is 0.164 e. The number of nitrogens with zero attached hydrogens (tertiary/aromatic N) is 2. The molecule has 0 aromatic carbocycles. The Morgan fingerprint density at radius 1 is 1.15 bits per heavy atom. The second-order valence-corrected chi connectivity index (χ2v) is 6.86. The lowest BCUT2D eigenvalue weighted by atomic mass is 9.84. The number of fused-ring (bicyclic) bond motifs is 1. The average molecular weight is 291 g/mol. The average Bonchev–Trinajstić information content (AvgIpc) is 2.75. The molecule has 20 heavy (non-hydrogen) atoms. The summed E-state index contributed by atoms with van der Waals surface area (Å²) in [5.41, 5.74) is 7.05. The first-order valence-electron chi connectivity index (χ1n) is 7.16. The third-order valence-electron chi connectivity index (χ3n) is 4.52. The third kappa shape index (κ3) is 2.00. The van der Waals surface area contributed by atoms with Gasteiger partial charge in [0, 0.05) is 12.0 Å². The molecule has 3 rings (SSSR count). The first kappa shape index (κ1) is 13.8. The lowest BCUT2D eigenvalue weighted by Crippen LogP contribution is -2.33. The summed E-state index contributed by atoms with van der Waals surface area (Å²) in [7, 11) is 1.76. The minimum Gasteiger partial charge on any atom is -0.383 e. The maximum absolute atomic E-state index is 6.19. The molecule has 0 aliphatic heterocycles. The number of anilines is 1. The van der Waals surface area contributed by atoms with Crippen LogP contribution in [0, 0.1) is 13.8 Å². The number of rotatable bonds is 2. The second kappa shape index (κ2) is 4.97. The number of aryl methyl sites for hydroxylation is 2. The number of hydrogen-bond acceptors (Lipinski definition) is 5. The van der Waals surface area contributed by atoms with Crippen LogP contribution in [0.3, 0.4) is 0 Å². The summed E-state index contributed by atoms with van der Waals surface area (Å²) < 4.78 is 5.83. The minimum atomic E-state index is -0.341. The smallest absolute Gasteiger partial charge is 0.164 e. The Bertz CT molecular complexity index is 644. The highest BCUT2D eigenvalue weighted by Gasteiger charge is 2.37. The van der Waals surface area contributed by atoms with Crippen LogP contribution in [-0.2, 0) is 10.3 Å². The summed E-state index contributed by atoms with van der Waals surface area (Å²) in [6, 6.07) is 0. The van der Waals surface area contributed by atoms with Crippen molar-refractivity contribution >= 4 is 27.4 Å². The van der Waals surface area contributed by atoms with Crippen LogP contribution < -0.4 is 5.73 Å². The summed E-state index contributed by atoms with van der Waals surface area (Å²) in [5.74, 6) is 1.36. The summed E-state index contributed by atoms with van der Waals surface area (Å²) >= 11 is 1.69. The van der Waals surface area contributed by atoms with Crippen LogP contribution in [0.4, 0.5) is 5.82 Å². The molecule has 0 amide bonds. The Labute approximate surface area is 123 Å². The lowest BCUT2D eigenvalue weighted by Gasteiger charge is -2.34. The zero-order valence-electron chi connectivity index (χ0n) is 12.3. The first-order chi connectivity index (χ1) is 9.57. The van der Waals surface area contributed by atoms with Crippen LogP contribution in [0.1, 0.15) is 48.4 Å². The van der Waals surface area contributed by atoms with Gasteiger partial charge in [0.15, 0.2) is 5.82 Å². The molecule has 1 fully saturated rings. The fraction of sp³-hybridized carbons (Fsp3) is 0.600. The van der Waals surface area contributed by atoms with Crippen molar-refractivity contribution in [2.24, 2.45) is 0 Å². The van der Waals surface area contributed by atoms with Gasteiger partial charge < -0.3 is 10.5 Å². The molecule has 0 radical (unpaired) electrons. The lowest BCUT2D eigenvalue weighted by molar-refractivity contribution is -0.0511. The van der Waals surface area contributed by atoms with Gasteiger partial charge in [0.05, 0.1) is 5.39 Å². The summed E-state index contributed by atoms with van der Waals surface area (Å²) in [5, 5.41) is 1.01. The molecular weight excluding hydrogens is 270 g/mol. The molecule has 4 nitrogen and oxygen atoms in total. The molecule has 0 spiro atoms. The van der Waals surface area contributed by atoms with Crippen LogP contribution in [0.2, 0.25) is 0 Å². The Morgan fingerprint density at radius 3 is 2.50 bits per heavy atom. The first-order valence-corrected chi connectivity index (χ1v) is 7.98. The monoisotopic (exact) mass is 291 g/mol. The molecule has 0 atom stereocenters. The number of aromatic nitrogens is 2. The van der Waals surface area contributed by atoms with E-state index in [0.717, 1.165) is 41.7 Å². The van der Waals surface area contributed by atoms with E-state index in [1.807, 2.05) is 0 Å². The zero-order valence-corrected chi connectivity index (χ0v) is 13.1. The topological polar surface area (TPSA) is 61.0 Å². The fourth-order valence-corrected chi connectivity index (χ4v) is 4.16. The van der Waals surface area contributed by atoms with Crippen molar-refractivity contribution in [3.05, 3.63) is 16.3 Å². The quantitative estimate of drug-likeness (QED) is 0.916. The van der Waals surface area contributed by atoms with Crippen molar-refractivity contribution in [3.8, 4) is 0 Å². The minimum absolute atomic E-state index is 0.341. The van der Waals surface area contributed by atoms with Gasteiger partial charge in [0.1, 0.15) is 16.2 Å². The van der Waals surface area contributed by atoms with E-state index in [-0.39, 0.29) is 5.60 Å². The number of hydrogen-bond donors (Lipinski definition) is 1. The Balaban J connectivity index is 2.16. The van der Waals surface area contributed by atoms with Crippen LogP contribution in [-0.4, -0.2) is 17.1 Å². The summed E-state index contributed by atoms with van der Waals surface area (Å²) in [4.78, 5) is 11.6. The molecule has 2 heterocycles. The molecule has 0 unspecified atom stereocenters. The van der Waals surface area contributed by atoms with Gasteiger partial charge >= 0.3 is 0 Å². The van der Waals surface area contributed by atoms with Gasteiger partial charge in [0.2, 0.25) is 0 Å². The fourth-order valence-electron chi connectivity index (χ4n) is 3.13. The number of nitrogen functional groups attached to an aromatic ring is 1. The Kier molecular flexibility index (Phi) is 3.42. The molecule has 108 valence electrons. The zero-order chi connectivity index (χ0) is 14.3. The van der Waals surface area contributed by atoms with Gasteiger partial charge in [-0.15, -0.1) is 11.3 Å². The highest BCUT2D eigenvalue weighted by molar-refractivity contribution is 7.18. The Hall–Kier alpha value is -1.20. The van der Waals surface area contributed by atoms with Gasteiger partial charge in [-0.1, -0.05) is 19.3 Å². The highest BCUT2D eigenvalue weighted by atomic mass is 32.1. The molecule has 2 N–H and O–H groups in total. The van der Waals surface area contributed by atoms with Gasteiger partial charge in [-0.25, -0.2) is 9.97 Å². The van der Waals surface area contributed by atoms with E-state index in [4.69, 9.17) is 15.5 Å². The van der Waals surface area contributed by atoms with Crippen molar-refractivity contribution in [1.29, 1.82) is 0 Å². The van der Waals surface area contributed by atoms with Gasteiger partial charge in [0.25, 0.3) is 0 Å². The molecule has 5 heteroatoms. The summed E-state index contributed by atoms with van der Waals surface area (Å²) in [6.45, 7) is 4.19. The molecule has 2 aromatic heterocycles. The van der Waals surface area contributed by atoms with Crippen LogP contribution in [0.5, 0.6) is 0 Å². The van der Waals surface area contributed by atoms with E-state index >= 15 is 0 Å². The third-order valence-corrected chi connectivity index (χ3v) is 5.62. The van der Waals surface area contributed by atoms with E-state index in [1.165, 1.54) is 16.9 Å². The van der Waals surface area contributed by atoms with Crippen molar-refractivity contribution in [3.63, 3.8) is 0 Å². The van der Waals surface area contributed by atoms with E-state index < -0.39 is 0 Å². The molecule has 0 saturated heterocycles. The van der Waals surface area contributed by atoms with Crippen molar-refractivity contribution in [2.75, 3.05) is 12.8 Å². The molecule has 0 bridgehead atoms. The van der Waals surface area contributed by atoms with E-state index in [2.05, 4.69) is 18.8 Å². The molecule has 1 saturated carbocycles. The second-order valence-electron chi connectivity index (χ2n) is 5.65. The van der Waals surface area contributed by atoms with Crippen LogP contribution >= 0.6 is 11.3 Å². The van der Waals surface area contributed by atoms with E-state index in [1.54, 1.807) is 18.4 Å². The van der Waals surface area contributed by atoms with E-state index in [9.17, 15) is 0 Å². The standard InChI is InChI=1S/C15H21N3OS/c1-9-10(2)20-13-11(9)12(16)17-14(18-13)15(19-3)7-5-4-6-8-15/h4-8H2,1-3H3,(H2,16,17,18). The Morgan fingerprint density at radius 2 is 1.85 bits per heavy atom. The SMILES string of the molecule is COC1(c2nc(N)c3c(C)c(C)sc3n2)CCCCC1. The van der Waals surface area contributed by atoms with Crippen LogP contribution in [0.25, 0.3) is 10.2 Å². The highest BCUT2D eigenvalue weighted by Crippen LogP contribution is 2.40. The number of methoxy groups -OCH3 is 1. The van der Waals surface area contributed by atoms with Gasteiger partial charge in [-0.3, -0.25) is 0 Å². The molecular formula is C15H21N3OS. The normalized spacial score (nSPS) is 18.6. The van der Waals surface area contributed by atoms with Gasteiger partial charge in [-0.2, -0.15) is 0 Å². The largest absolute Gasteiger partial charge is 0.383 e. The summed E-state index contributed by atoms with van der Waals surface area (Å²) in [6.07, 6.45) is 5.56. The number of nitrogens with two attached hydrogens (primary N) is 1. The van der Waals surface area contributed by atoms with Gasteiger partial charge in [-0.05, 0) is 32.3 Å². The van der Waals surface area contributed by atoms with E-state index in [0.29, 0.717) is 5.82 Å². The predicted octanol–water partition coefficient (Wildman–Crippen LogP) is 3.70. The molecule has 1 aliphatic rings. The number of ether oxygens (including phenoxy) is 1. The predicted molar refractivity (Wildman–Crippen MR) is 83.1 cm³/mol. The molecule has 1 aliphatic carbocycles. The van der Waals surface area contributed by atoms with Crippen molar-refractivity contribution in [2.45, 2.75) is 51.6 Å². The molecule has 2 aromatic rings. The van der Waals surface area contributed by atoms with Crippen molar-refractivity contribution < 1.29 is 4.74 Å².